The van der Waals surface area contributed by atoms with E-state index >= 15 is 0 Å². The molecule has 3 N–H and O–H groups in total. The van der Waals surface area contributed by atoms with Crippen LogP contribution in [-0.4, -0.2) is 15.7 Å². The van der Waals surface area contributed by atoms with Crippen molar-refractivity contribution in [2.75, 3.05) is 11.1 Å². The number of halogens is 1. The molecule has 0 atom stereocenters. The second-order valence-corrected chi connectivity index (χ2v) is 6.02. The van der Waals surface area contributed by atoms with Crippen LogP contribution in [0, 0.1) is 13.8 Å². The molecule has 24 heavy (non-hydrogen) atoms. The average molecular weight is 341 g/mol. The zero-order valence-corrected chi connectivity index (χ0v) is 14.1. The van der Waals surface area contributed by atoms with Crippen LogP contribution in [-0.2, 0) is 0 Å². The molecule has 1 heterocycles. The molecule has 2 aromatic carbocycles. The molecule has 0 aliphatic rings. The van der Waals surface area contributed by atoms with E-state index in [4.69, 9.17) is 17.3 Å². The summed E-state index contributed by atoms with van der Waals surface area (Å²) in [4.78, 5) is 12.5. The van der Waals surface area contributed by atoms with Crippen molar-refractivity contribution in [3.05, 3.63) is 70.4 Å². The van der Waals surface area contributed by atoms with Crippen LogP contribution in [0.1, 0.15) is 21.5 Å². The number of nitrogens with two attached hydrogens (primary N) is 1. The van der Waals surface area contributed by atoms with Crippen molar-refractivity contribution in [1.29, 1.82) is 0 Å². The SMILES string of the molecule is Cc1ccc(NC(=O)c2cnn(-c3ccc(Cl)cc3)c2N)cc1C. The second kappa shape index (κ2) is 6.37. The van der Waals surface area contributed by atoms with Gasteiger partial charge in [0, 0.05) is 10.7 Å². The Bertz CT molecular complexity index is 900. The normalized spacial score (nSPS) is 10.6. The summed E-state index contributed by atoms with van der Waals surface area (Å²) < 4.78 is 1.51. The third kappa shape index (κ3) is 3.12. The molecule has 3 rings (SSSR count). The van der Waals surface area contributed by atoms with E-state index < -0.39 is 0 Å². The van der Waals surface area contributed by atoms with Gasteiger partial charge in [-0.3, -0.25) is 4.79 Å². The molecule has 1 aromatic heterocycles. The zero-order valence-electron chi connectivity index (χ0n) is 13.4. The van der Waals surface area contributed by atoms with E-state index in [0.717, 1.165) is 16.9 Å². The maximum absolute atomic E-state index is 12.5. The molecule has 0 aliphatic carbocycles. The molecule has 0 fully saturated rings. The maximum atomic E-state index is 12.5. The van der Waals surface area contributed by atoms with E-state index in [9.17, 15) is 4.79 Å². The van der Waals surface area contributed by atoms with Crippen LogP contribution in [0.2, 0.25) is 5.02 Å². The Labute approximate surface area is 145 Å². The first-order chi connectivity index (χ1) is 11.5. The van der Waals surface area contributed by atoms with Crippen molar-refractivity contribution in [3.63, 3.8) is 0 Å². The lowest BCUT2D eigenvalue weighted by Crippen LogP contribution is -2.14. The van der Waals surface area contributed by atoms with E-state index in [1.807, 2.05) is 32.0 Å². The quantitative estimate of drug-likeness (QED) is 0.757. The number of aromatic nitrogens is 2. The van der Waals surface area contributed by atoms with Crippen LogP contribution in [0.25, 0.3) is 5.69 Å². The van der Waals surface area contributed by atoms with E-state index in [1.54, 1.807) is 24.3 Å². The Morgan fingerprint density at radius 1 is 1.12 bits per heavy atom. The van der Waals surface area contributed by atoms with E-state index in [2.05, 4.69) is 10.4 Å². The molecule has 0 aliphatic heterocycles. The van der Waals surface area contributed by atoms with Crippen LogP contribution in [0.15, 0.2) is 48.7 Å². The van der Waals surface area contributed by atoms with Gasteiger partial charge in [0.05, 0.1) is 11.9 Å². The zero-order chi connectivity index (χ0) is 17.3. The van der Waals surface area contributed by atoms with Crippen LogP contribution < -0.4 is 11.1 Å². The minimum absolute atomic E-state index is 0.277. The molecule has 0 saturated heterocycles. The van der Waals surface area contributed by atoms with E-state index in [-0.39, 0.29) is 11.7 Å². The summed E-state index contributed by atoms with van der Waals surface area (Å²) in [6.07, 6.45) is 1.46. The van der Waals surface area contributed by atoms with Gasteiger partial charge in [-0.05, 0) is 61.4 Å². The van der Waals surface area contributed by atoms with Crippen LogP contribution in [0.4, 0.5) is 11.5 Å². The van der Waals surface area contributed by atoms with E-state index in [0.29, 0.717) is 10.6 Å². The van der Waals surface area contributed by atoms with Crippen molar-refractivity contribution in [1.82, 2.24) is 9.78 Å². The van der Waals surface area contributed by atoms with Crippen molar-refractivity contribution in [2.24, 2.45) is 0 Å². The molecule has 122 valence electrons. The lowest BCUT2D eigenvalue weighted by Gasteiger charge is -2.08. The number of benzene rings is 2. The summed E-state index contributed by atoms with van der Waals surface area (Å²) in [5.41, 5.74) is 10.2. The number of rotatable bonds is 3. The number of carbonyl (C=O) groups is 1. The molecular weight excluding hydrogens is 324 g/mol. The summed E-state index contributed by atoms with van der Waals surface area (Å²) in [5.74, 6) is -0.0189. The number of nitrogen functional groups attached to an aromatic ring is 1. The van der Waals surface area contributed by atoms with Gasteiger partial charge in [0.2, 0.25) is 0 Å². The van der Waals surface area contributed by atoms with Crippen LogP contribution in [0.3, 0.4) is 0 Å². The van der Waals surface area contributed by atoms with Crippen LogP contribution in [0.5, 0.6) is 0 Å². The summed E-state index contributed by atoms with van der Waals surface area (Å²) in [7, 11) is 0. The highest BCUT2D eigenvalue weighted by Gasteiger charge is 2.16. The number of hydrogen-bond donors (Lipinski definition) is 2. The van der Waals surface area contributed by atoms with Gasteiger partial charge in [-0.25, -0.2) is 4.68 Å². The molecule has 0 saturated carbocycles. The average Bonchev–Trinajstić information content (AvgIpc) is 2.93. The number of carbonyl (C=O) groups excluding carboxylic acids is 1. The number of anilines is 2. The Morgan fingerprint density at radius 2 is 1.83 bits per heavy atom. The Kier molecular flexibility index (Phi) is 4.27. The fourth-order valence-corrected chi connectivity index (χ4v) is 2.46. The highest BCUT2D eigenvalue weighted by atomic mass is 35.5. The first kappa shape index (κ1) is 16.1. The summed E-state index contributed by atoms with van der Waals surface area (Å²) in [5, 5.41) is 7.67. The smallest absolute Gasteiger partial charge is 0.261 e. The number of hydrogen-bond acceptors (Lipinski definition) is 3. The summed E-state index contributed by atoms with van der Waals surface area (Å²) >= 11 is 5.88. The highest BCUT2D eigenvalue weighted by molar-refractivity contribution is 6.30. The van der Waals surface area contributed by atoms with Gasteiger partial charge in [0.15, 0.2) is 0 Å². The van der Waals surface area contributed by atoms with Gasteiger partial charge in [0.1, 0.15) is 11.4 Å². The Balaban J connectivity index is 1.85. The molecule has 0 bridgehead atoms. The summed E-state index contributed by atoms with van der Waals surface area (Å²) in [6.45, 7) is 4.02. The molecule has 0 spiro atoms. The molecule has 3 aromatic rings. The lowest BCUT2D eigenvalue weighted by molar-refractivity contribution is 0.102. The predicted molar refractivity (Wildman–Crippen MR) is 96.9 cm³/mol. The molecular formula is C18H17ClN4O. The third-order valence-corrected chi connectivity index (χ3v) is 4.14. The van der Waals surface area contributed by atoms with Gasteiger partial charge >= 0.3 is 0 Å². The fourth-order valence-electron chi connectivity index (χ4n) is 2.34. The van der Waals surface area contributed by atoms with Gasteiger partial charge in [-0.15, -0.1) is 0 Å². The minimum atomic E-state index is -0.295. The number of nitrogens with one attached hydrogen (secondary N) is 1. The highest BCUT2D eigenvalue weighted by Crippen LogP contribution is 2.21. The number of amides is 1. The monoisotopic (exact) mass is 340 g/mol. The molecule has 0 radical (unpaired) electrons. The molecule has 0 unspecified atom stereocenters. The minimum Gasteiger partial charge on any atom is -0.383 e. The van der Waals surface area contributed by atoms with Crippen molar-refractivity contribution >= 4 is 29.0 Å². The third-order valence-electron chi connectivity index (χ3n) is 3.89. The lowest BCUT2D eigenvalue weighted by atomic mass is 10.1. The van der Waals surface area contributed by atoms with Crippen LogP contribution >= 0.6 is 11.6 Å². The standard InChI is InChI=1S/C18H17ClN4O/c1-11-3-6-14(9-12(11)2)22-18(24)16-10-21-23(17(16)20)15-7-4-13(19)5-8-15/h3-10H,20H2,1-2H3,(H,22,24). The van der Waals surface area contributed by atoms with Crippen molar-refractivity contribution in [3.8, 4) is 5.69 Å². The first-order valence-electron chi connectivity index (χ1n) is 7.44. The molecule has 5 nitrogen and oxygen atoms in total. The second-order valence-electron chi connectivity index (χ2n) is 5.58. The fraction of sp³-hybridized carbons (Fsp3) is 0.111. The Morgan fingerprint density at radius 3 is 2.50 bits per heavy atom. The van der Waals surface area contributed by atoms with Crippen molar-refractivity contribution < 1.29 is 4.79 Å². The summed E-state index contributed by atoms with van der Waals surface area (Å²) in [6, 6.07) is 12.8. The number of aryl methyl sites for hydroxylation is 2. The predicted octanol–water partition coefficient (Wildman–Crippen LogP) is 3.98. The van der Waals surface area contributed by atoms with Crippen molar-refractivity contribution in [2.45, 2.75) is 13.8 Å². The first-order valence-corrected chi connectivity index (χ1v) is 7.81. The Hall–Kier alpha value is -2.79. The van der Waals surface area contributed by atoms with Gasteiger partial charge in [0.25, 0.3) is 5.91 Å². The number of nitrogens with zero attached hydrogens (tertiary/aromatic N) is 2. The largest absolute Gasteiger partial charge is 0.383 e. The topological polar surface area (TPSA) is 72.9 Å². The molecule has 6 heteroatoms. The van der Waals surface area contributed by atoms with Gasteiger partial charge < -0.3 is 11.1 Å². The van der Waals surface area contributed by atoms with Gasteiger partial charge in [-0.1, -0.05) is 17.7 Å². The van der Waals surface area contributed by atoms with E-state index in [1.165, 1.54) is 16.4 Å². The van der Waals surface area contributed by atoms with Gasteiger partial charge in [-0.2, -0.15) is 5.10 Å². The maximum Gasteiger partial charge on any atom is 0.261 e. The molecule has 1 amide bonds.